The zero-order valence-corrected chi connectivity index (χ0v) is 22.3. The molecule has 2 aromatic carbocycles. The van der Waals surface area contributed by atoms with Crippen molar-refractivity contribution in [2.24, 2.45) is 0 Å². The molecule has 182 valence electrons. The molecule has 1 aliphatic heterocycles. The maximum atomic E-state index is 13.9. The van der Waals surface area contributed by atoms with Crippen LogP contribution >= 0.6 is 34.4 Å². The smallest absolute Gasteiger partial charge is 0.269 e. The average molecular weight is 548 g/mol. The molecule has 0 aliphatic carbocycles. The van der Waals surface area contributed by atoms with Gasteiger partial charge in [0.05, 0.1) is 21.3 Å². The fourth-order valence-corrected chi connectivity index (χ4v) is 7.27. The Balaban J connectivity index is 0.00000289. The maximum Gasteiger partial charge on any atom is 0.269 e. The zero-order valence-electron chi connectivity index (χ0n) is 19.1. The number of aliphatic hydroxyl groups excluding tert-OH is 1. The number of fused-ring (bicyclic) bond motifs is 2. The Labute approximate surface area is 220 Å². The molecule has 10 heteroatoms. The van der Waals surface area contributed by atoms with Gasteiger partial charge in [-0.15, -0.1) is 11.3 Å². The Morgan fingerprint density at radius 2 is 1.94 bits per heavy atom. The zero-order chi connectivity index (χ0) is 23.8. The summed E-state index contributed by atoms with van der Waals surface area (Å²) in [6.07, 6.45) is 5.85. The summed E-state index contributed by atoms with van der Waals surface area (Å²) in [4.78, 5) is 16.5. The summed E-state index contributed by atoms with van der Waals surface area (Å²) in [5, 5.41) is 11.5. The van der Waals surface area contributed by atoms with E-state index in [4.69, 9.17) is 0 Å². The van der Waals surface area contributed by atoms with Crippen molar-refractivity contribution in [3.63, 3.8) is 0 Å². The van der Waals surface area contributed by atoms with Crippen molar-refractivity contribution in [3.05, 3.63) is 83.9 Å². The fraction of sp³-hybridized carbons (Fsp3) is 0.200. The van der Waals surface area contributed by atoms with E-state index in [0.717, 1.165) is 30.6 Å². The third-order valence-electron chi connectivity index (χ3n) is 5.66. The molecular formula is C25H23ClFN3O2S3. The normalized spacial score (nSPS) is 15.3. The molecule has 0 radical (unpaired) electrons. The molecule has 35 heavy (non-hydrogen) atoms. The van der Waals surface area contributed by atoms with Gasteiger partial charge < -0.3 is 22.4 Å². The molecule has 1 aliphatic rings. The molecule has 0 bridgehead atoms. The first-order valence-corrected chi connectivity index (χ1v) is 13.3. The second-order valence-corrected chi connectivity index (χ2v) is 10.9. The fourth-order valence-electron chi connectivity index (χ4n) is 3.99. The highest BCUT2D eigenvalue weighted by atomic mass is 35.5. The van der Waals surface area contributed by atoms with E-state index < -0.39 is 0 Å². The number of aromatic nitrogens is 2. The number of allylic oxidation sites excluding steroid dienone is 1. The molecular weight excluding hydrogens is 525 g/mol. The topological polar surface area (TPSA) is 49.4 Å². The Hall–Kier alpha value is -2.43. The van der Waals surface area contributed by atoms with E-state index in [9.17, 15) is 14.3 Å². The summed E-state index contributed by atoms with van der Waals surface area (Å²) < 4.78 is 19.9. The highest BCUT2D eigenvalue weighted by Gasteiger charge is 2.21. The number of rotatable bonds is 5. The third-order valence-corrected chi connectivity index (χ3v) is 9.04. The van der Waals surface area contributed by atoms with Crippen LogP contribution in [0, 0.1) is 5.82 Å². The van der Waals surface area contributed by atoms with Crippen molar-refractivity contribution in [3.8, 4) is 0 Å². The summed E-state index contributed by atoms with van der Waals surface area (Å²) in [7, 11) is 2.03. The SMILES string of the molecule is CCn1c(=O)/c(=C/C=C2\Sc3ccccc3N2C)s/c1=C\c1sc2ccc(F)cc2[n+]1CCO.[Cl-]. The van der Waals surface area contributed by atoms with Gasteiger partial charge in [-0.3, -0.25) is 9.36 Å². The first-order valence-electron chi connectivity index (χ1n) is 10.9. The molecule has 5 nitrogen and oxygen atoms in total. The highest BCUT2D eigenvalue weighted by molar-refractivity contribution is 8.03. The van der Waals surface area contributed by atoms with Crippen LogP contribution in [0.4, 0.5) is 10.1 Å². The van der Waals surface area contributed by atoms with Gasteiger partial charge in [0.25, 0.3) is 10.6 Å². The Bertz CT molecular complexity index is 1610. The van der Waals surface area contributed by atoms with Crippen LogP contribution in [0.5, 0.6) is 0 Å². The van der Waals surface area contributed by atoms with Gasteiger partial charge in [0.1, 0.15) is 21.8 Å². The molecule has 0 saturated heterocycles. The first kappa shape index (κ1) is 25.7. The number of hydrogen-bond acceptors (Lipinski definition) is 6. The van der Waals surface area contributed by atoms with E-state index in [-0.39, 0.29) is 30.4 Å². The molecule has 1 N–H and O–H groups in total. The Morgan fingerprint density at radius 3 is 2.69 bits per heavy atom. The van der Waals surface area contributed by atoms with E-state index >= 15 is 0 Å². The maximum absolute atomic E-state index is 13.9. The first-order chi connectivity index (χ1) is 16.5. The predicted molar refractivity (Wildman–Crippen MR) is 139 cm³/mol. The van der Waals surface area contributed by atoms with E-state index in [0.29, 0.717) is 17.6 Å². The van der Waals surface area contributed by atoms with Crippen molar-refractivity contribution in [2.75, 3.05) is 18.6 Å². The summed E-state index contributed by atoms with van der Waals surface area (Å²) in [6, 6.07) is 12.9. The van der Waals surface area contributed by atoms with Crippen LogP contribution < -0.4 is 36.6 Å². The quantitative estimate of drug-likeness (QED) is 0.364. The number of anilines is 1. The largest absolute Gasteiger partial charge is 1.00 e. The van der Waals surface area contributed by atoms with E-state index in [1.165, 1.54) is 39.7 Å². The summed E-state index contributed by atoms with van der Waals surface area (Å²) in [5.74, 6) is -0.313. The van der Waals surface area contributed by atoms with Crippen molar-refractivity contribution in [1.29, 1.82) is 0 Å². The second-order valence-electron chi connectivity index (χ2n) is 7.73. The van der Waals surface area contributed by atoms with Gasteiger partial charge in [-0.25, -0.2) is 4.39 Å². The molecule has 0 amide bonds. The minimum absolute atomic E-state index is 0. The van der Waals surface area contributed by atoms with Gasteiger partial charge in [0.15, 0.2) is 6.54 Å². The minimum atomic E-state index is -0.313. The number of nitrogens with zero attached hydrogens (tertiary/aromatic N) is 3. The average Bonchev–Trinajstić information content (AvgIpc) is 3.44. The number of para-hydroxylation sites is 1. The summed E-state index contributed by atoms with van der Waals surface area (Å²) in [6.45, 7) is 2.80. The number of halogens is 2. The second kappa shape index (κ2) is 10.7. The highest BCUT2D eigenvalue weighted by Crippen LogP contribution is 2.44. The van der Waals surface area contributed by atoms with Gasteiger partial charge >= 0.3 is 0 Å². The summed E-state index contributed by atoms with van der Waals surface area (Å²) in [5.41, 5.74) is 1.87. The number of thioether (sulfide) groups is 1. The molecule has 5 rings (SSSR count). The van der Waals surface area contributed by atoms with Crippen molar-refractivity contribution < 1.29 is 26.5 Å². The molecule has 0 spiro atoms. The van der Waals surface area contributed by atoms with Crippen molar-refractivity contribution >= 4 is 62.5 Å². The monoisotopic (exact) mass is 547 g/mol. The molecule has 0 atom stereocenters. The van der Waals surface area contributed by atoms with Crippen LogP contribution in [0.3, 0.4) is 0 Å². The lowest BCUT2D eigenvalue weighted by Gasteiger charge is -2.12. The van der Waals surface area contributed by atoms with Crippen LogP contribution in [0.25, 0.3) is 22.4 Å². The lowest BCUT2D eigenvalue weighted by Crippen LogP contribution is -3.00. The summed E-state index contributed by atoms with van der Waals surface area (Å²) >= 11 is 4.64. The van der Waals surface area contributed by atoms with Crippen LogP contribution in [0.2, 0.25) is 0 Å². The van der Waals surface area contributed by atoms with Crippen LogP contribution in [-0.4, -0.2) is 23.3 Å². The predicted octanol–water partition coefficient (Wildman–Crippen LogP) is 0.260. The molecule has 2 aromatic heterocycles. The molecule has 0 saturated carbocycles. The molecule has 0 unspecified atom stereocenters. The number of hydrogen-bond donors (Lipinski definition) is 1. The van der Waals surface area contributed by atoms with Gasteiger partial charge in [-0.1, -0.05) is 35.2 Å². The number of benzene rings is 2. The number of thiazole rings is 2. The van der Waals surface area contributed by atoms with E-state index in [2.05, 4.69) is 17.0 Å². The van der Waals surface area contributed by atoms with Crippen molar-refractivity contribution in [1.82, 2.24) is 4.57 Å². The van der Waals surface area contributed by atoms with Gasteiger partial charge in [0, 0.05) is 24.6 Å². The van der Waals surface area contributed by atoms with Gasteiger partial charge in [-0.05, 0) is 43.3 Å². The molecule has 4 aromatic rings. The molecule has 0 fully saturated rings. The van der Waals surface area contributed by atoms with Crippen molar-refractivity contribution in [2.45, 2.75) is 24.9 Å². The third kappa shape index (κ3) is 4.83. The van der Waals surface area contributed by atoms with Gasteiger partial charge in [-0.2, -0.15) is 4.57 Å². The number of aliphatic hydroxyl groups is 1. The Kier molecular flexibility index (Phi) is 7.83. The van der Waals surface area contributed by atoms with E-state index in [1.807, 2.05) is 48.9 Å². The van der Waals surface area contributed by atoms with Crippen LogP contribution in [0.1, 0.15) is 11.9 Å². The molecule has 3 heterocycles. The van der Waals surface area contributed by atoms with Crippen LogP contribution in [-0.2, 0) is 13.1 Å². The van der Waals surface area contributed by atoms with Crippen LogP contribution in [0.15, 0.2) is 63.3 Å². The van der Waals surface area contributed by atoms with E-state index in [1.54, 1.807) is 22.4 Å². The lowest BCUT2D eigenvalue weighted by atomic mass is 10.3. The van der Waals surface area contributed by atoms with Gasteiger partial charge in [0.2, 0.25) is 5.52 Å². The standard InChI is InChI=1S/C25H23FN3O2S3.ClH/c1-3-28-23(15-24-29(12-13-30)18-14-16(26)8-9-20(18)33-24)34-21(25(28)31)10-11-22-27(2)17-6-4-5-7-19(17)32-22;/h4-11,14-15,30H,3,12-13H2,1-2H3;1H/q+1;/p-1/b21-10-,22-11-;. The minimum Gasteiger partial charge on any atom is -1.00 e. The lowest BCUT2D eigenvalue weighted by molar-refractivity contribution is -0.670. The Morgan fingerprint density at radius 1 is 1.14 bits per heavy atom.